The molecule has 0 unspecified atom stereocenters. The van der Waals surface area contributed by atoms with Gasteiger partial charge >= 0.3 is 17.8 Å². The van der Waals surface area contributed by atoms with E-state index in [9.17, 15) is 27.6 Å². The van der Waals surface area contributed by atoms with Gasteiger partial charge in [0, 0.05) is 23.1 Å². The van der Waals surface area contributed by atoms with Crippen LogP contribution in [0.1, 0.15) is 52.8 Å². The molecule has 2 heterocycles. The van der Waals surface area contributed by atoms with Gasteiger partial charge in [0.25, 0.3) is 5.56 Å². The van der Waals surface area contributed by atoms with Crippen LogP contribution in [-0.2, 0) is 18.7 Å². The maximum Gasteiger partial charge on any atom is 0.471 e. The number of nitrogens with zero attached hydrogens (tertiary/aromatic N) is 1. The molecule has 0 spiro atoms. The highest BCUT2D eigenvalue weighted by atomic mass is 33.1. The van der Waals surface area contributed by atoms with Gasteiger partial charge in [0.05, 0.1) is 13.0 Å². The van der Waals surface area contributed by atoms with E-state index < -0.39 is 42.6 Å². The molecule has 38 heavy (non-hydrogen) atoms. The second-order valence-electron chi connectivity index (χ2n) is 11.1. The zero-order valence-corrected chi connectivity index (χ0v) is 25.5. The molecule has 0 radical (unpaired) electrons. The lowest BCUT2D eigenvalue weighted by atomic mass is 10.2. The maximum absolute atomic E-state index is 12.5. The zero-order chi connectivity index (χ0) is 29.1. The second-order valence-corrected chi connectivity index (χ2v) is 18.8. The number of carbonyl (C=O) groups excluding carboxylic acids is 1. The molecule has 9 nitrogen and oxygen atoms in total. The summed E-state index contributed by atoms with van der Waals surface area (Å²) in [6.07, 6.45) is -4.02. The van der Waals surface area contributed by atoms with Crippen LogP contribution in [0.3, 0.4) is 0 Å². The van der Waals surface area contributed by atoms with Gasteiger partial charge in [-0.25, -0.2) is 4.79 Å². The van der Waals surface area contributed by atoms with Gasteiger partial charge in [0.15, 0.2) is 20.3 Å². The zero-order valence-electron chi connectivity index (χ0n) is 22.8. The Balaban J connectivity index is 2.09. The van der Waals surface area contributed by atoms with Crippen molar-refractivity contribution in [1.82, 2.24) is 14.9 Å². The van der Waals surface area contributed by atoms with Crippen molar-refractivity contribution in [2.24, 2.45) is 0 Å². The fourth-order valence-corrected chi connectivity index (χ4v) is 5.95. The number of hydrogen-bond donors (Lipinski definition) is 2. The van der Waals surface area contributed by atoms with Crippen LogP contribution in [0.15, 0.2) is 27.3 Å². The minimum atomic E-state index is -4.93. The number of ether oxygens (including phenoxy) is 2. The van der Waals surface area contributed by atoms with Crippen molar-refractivity contribution in [2.75, 3.05) is 19.1 Å². The highest BCUT2D eigenvalue weighted by Gasteiger charge is 2.40. The largest absolute Gasteiger partial charge is 0.483 e. The summed E-state index contributed by atoms with van der Waals surface area (Å²) in [5.41, 5.74) is -0.727. The number of amides is 1. The summed E-state index contributed by atoms with van der Waals surface area (Å²) in [5, 5.41) is 1.85. The fraction of sp³-hybridized carbons (Fsp3) is 0.696. The van der Waals surface area contributed by atoms with Gasteiger partial charge < -0.3 is 19.2 Å². The lowest BCUT2D eigenvalue weighted by molar-refractivity contribution is -0.173. The van der Waals surface area contributed by atoms with Crippen molar-refractivity contribution in [3.8, 4) is 0 Å². The number of alkyl halides is 3. The monoisotopic (exact) mass is 599 g/mol. The number of halogens is 3. The van der Waals surface area contributed by atoms with Crippen LogP contribution in [0.4, 0.5) is 13.2 Å². The van der Waals surface area contributed by atoms with E-state index in [2.05, 4.69) is 38.8 Å². The molecule has 0 aliphatic carbocycles. The summed E-state index contributed by atoms with van der Waals surface area (Å²) in [6, 6.07) is 0. The predicted molar refractivity (Wildman–Crippen MR) is 145 cm³/mol. The quantitative estimate of drug-likeness (QED) is 0.161. The molecule has 15 heteroatoms. The molecule has 0 saturated heterocycles. The normalized spacial score (nSPS) is 17.0. The van der Waals surface area contributed by atoms with Crippen LogP contribution in [0, 0.1) is 6.92 Å². The summed E-state index contributed by atoms with van der Waals surface area (Å²) >= 11 is 0. The number of H-pyrrole nitrogens is 1. The smallest absolute Gasteiger partial charge is 0.471 e. The van der Waals surface area contributed by atoms with Gasteiger partial charge in [-0.15, -0.1) is 0 Å². The van der Waals surface area contributed by atoms with Gasteiger partial charge in [-0.2, -0.15) is 13.2 Å². The van der Waals surface area contributed by atoms with E-state index in [0.717, 1.165) is 0 Å². The highest BCUT2D eigenvalue weighted by molar-refractivity contribution is 8.77. The molecule has 1 amide bonds. The molecule has 0 saturated carbocycles. The Hall–Kier alpha value is -1.84. The van der Waals surface area contributed by atoms with Crippen LogP contribution >= 0.6 is 21.6 Å². The highest BCUT2D eigenvalue weighted by Crippen LogP contribution is 2.40. The predicted octanol–water partition coefficient (Wildman–Crippen LogP) is 4.81. The molecule has 0 aromatic carbocycles. The number of rotatable bonds is 11. The molecular weight excluding hydrogens is 563 g/mol. The summed E-state index contributed by atoms with van der Waals surface area (Å²) < 4.78 is 56.3. The first-order chi connectivity index (χ1) is 17.2. The Morgan fingerprint density at radius 1 is 1.24 bits per heavy atom. The Labute approximate surface area is 228 Å². The van der Waals surface area contributed by atoms with Gasteiger partial charge in [-0.1, -0.05) is 42.4 Å². The molecule has 2 N–H and O–H groups in total. The van der Waals surface area contributed by atoms with Crippen LogP contribution in [-0.4, -0.2) is 53.8 Å². The lowest BCUT2D eigenvalue weighted by Gasteiger charge is -2.36. The van der Waals surface area contributed by atoms with Crippen molar-refractivity contribution in [2.45, 2.75) is 83.2 Å². The summed E-state index contributed by atoms with van der Waals surface area (Å²) in [6.45, 7) is 15.5. The summed E-state index contributed by atoms with van der Waals surface area (Å²) in [5.74, 6) is -0.917. The van der Waals surface area contributed by atoms with Crippen molar-refractivity contribution < 1.29 is 31.9 Å². The van der Waals surface area contributed by atoms with Crippen LogP contribution in [0.5, 0.6) is 0 Å². The number of aromatic nitrogens is 2. The van der Waals surface area contributed by atoms with E-state index in [1.54, 1.807) is 20.8 Å². The second kappa shape index (κ2) is 12.1. The SMILES string of the molecule is Cc1cn([C@H]2CC(OCSSC(C)(C)CNC(=O)C(F)(F)F)=C(CO[Si](C)(C)C(C)(C)C)O2)c(=O)[nH]c1=O. The summed E-state index contributed by atoms with van der Waals surface area (Å²) in [4.78, 5) is 37.6. The van der Waals surface area contributed by atoms with Gasteiger partial charge in [-0.05, 0) is 38.9 Å². The third-order valence-electron chi connectivity index (χ3n) is 6.27. The molecular formula is C23H36F3N3O6S2Si. The number of nitrogens with one attached hydrogen (secondary N) is 2. The number of aromatic amines is 1. The molecule has 2 rings (SSSR count). The van der Waals surface area contributed by atoms with Crippen molar-refractivity contribution >= 4 is 35.8 Å². The lowest BCUT2D eigenvalue weighted by Crippen LogP contribution is -2.42. The van der Waals surface area contributed by atoms with Crippen LogP contribution in [0.2, 0.25) is 18.1 Å². The van der Waals surface area contributed by atoms with E-state index in [4.69, 9.17) is 13.9 Å². The number of hydrogen-bond acceptors (Lipinski definition) is 8. The van der Waals surface area contributed by atoms with Crippen molar-refractivity contribution in [3.05, 3.63) is 44.1 Å². The molecule has 1 atom stereocenters. The molecule has 216 valence electrons. The average Bonchev–Trinajstić information content (AvgIpc) is 3.17. The number of aryl methyl sites for hydroxylation is 1. The maximum atomic E-state index is 12.5. The molecule has 1 aromatic heterocycles. The van der Waals surface area contributed by atoms with E-state index in [1.165, 1.54) is 32.4 Å². The first kappa shape index (κ1) is 32.4. The van der Waals surface area contributed by atoms with Gasteiger partial charge in [0.1, 0.15) is 11.7 Å². The van der Waals surface area contributed by atoms with E-state index >= 15 is 0 Å². The van der Waals surface area contributed by atoms with E-state index in [0.29, 0.717) is 17.1 Å². The Morgan fingerprint density at radius 3 is 2.45 bits per heavy atom. The molecule has 1 aromatic rings. The molecule has 1 aliphatic heterocycles. The average molecular weight is 600 g/mol. The van der Waals surface area contributed by atoms with Crippen LogP contribution < -0.4 is 16.6 Å². The third kappa shape index (κ3) is 8.85. The van der Waals surface area contributed by atoms with E-state index in [1.807, 2.05) is 5.32 Å². The fourth-order valence-electron chi connectivity index (χ4n) is 2.92. The van der Waals surface area contributed by atoms with E-state index in [-0.39, 0.29) is 30.5 Å². The molecule has 1 aliphatic rings. The molecule has 0 fully saturated rings. The molecule has 0 bridgehead atoms. The van der Waals surface area contributed by atoms with Gasteiger partial charge in [0.2, 0.25) is 0 Å². The standard InChI is InChI=1S/C23H36F3N3O6S2Si/c1-14-10-29(20(32)28-18(14)30)17-9-15(16(35-17)11-34-38(7,8)21(2,3)4)33-13-36-37-22(5,6)12-27-19(31)23(24,25)26/h10,17H,9,11-13H2,1-8H3,(H,27,31)(H,28,30,32)/t17-/m1/s1. The summed E-state index contributed by atoms with van der Waals surface area (Å²) in [7, 11) is 0.396. The third-order valence-corrected chi connectivity index (χ3v) is 13.7. The van der Waals surface area contributed by atoms with Crippen molar-refractivity contribution in [3.63, 3.8) is 0 Å². The minimum absolute atomic E-state index is 0.0425. The first-order valence-electron chi connectivity index (χ1n) is 11.9. The van der Waals surface area contributed by atoms with Crippen molar-refractivity contribution in [1.29, 1.82) is 0 Å². The Kier molecular flexibility index (Phi) is 10.3. The topological polar surface area (TPSA) is 112 Å². The number of carbonyl (C=O) groups is 1. The Bertz CT molecular complexity index is 1160. The minimum Gasteiger partial charge on any atom is -0.483 e. The first-order valence-corrected chi connectivity index (χ1v) is 17.1. The Morgan fingerprint density at radius 2 is 1.87 bits per heavy atom. The van der Waals surface area contributed by atoms with Crippen LogP contribution in [0.25, 0.3) is 0 Å². The van der Waals surface area contributed by atoms with Gasteiger partial charge in [-0.3, -0.25) is 19.1 Å².